The number of nitrogens with one attached hydrogen (secondary N) is 1. The minimum absolute atomic E-state index is 0.0401. The molecule has 0 radical (unpaired) electrons. The number of H-pyrrole nitrogens is 1. The van der Waals surface area contributed by atoms with Crippen LogP contribution < -0.4 is 4.90 Å². The number of fused-ring (bicyclic) bond motifs is 1. The number of carbonyl (C=O) groups excluding carboxylic acids is 1. The zero-order valence-electron chi connectivity index (χ0n) is 16.5. The molecule has 0 aromatic carbocycles. The third-order valence-corrected chi connectivity index (χ3v) is 6.56. The van der Waals surface area contributed by atoms with Crippen molar-refractivity contribution < 1.29 is 4.79 Å². The summed E-state index contributed by atoms with van der Waals surface area (Å²) in [4.78, 5) is 35.7. The summed E-state index contributed by atoms with van der Waals surface area (Å²) in [5, 5.41) is 1.08. The Morgan fingerprint density at radius 3 is 2.79 bits per heavy atom. The van der Waals surface area contributed by atoms with Crippen molar-refractivity contribution in [3.63, 3.8) is 0 Å². The predicted molar refractivity (Wildman–Crippen MR) is 111 cm³/mol. The Kier molecular flexibility index (Phi) is 4.73. The van der Waals surface area contributed by atoms with Crippen LogP contribution in [0.5, 0.6) is 0 Å². The molecule has 5 rings (SSSR count). The molecule has 3 aromatic rings. The van der Waals surface area contributed by atoms with Crippen molar-refractivity contribution in [1.29, 1.82) is 0 Å². The van der Waals surface area contributed by atoms with E-state index in [0.717, 1.165) is 55.6 Å². The van der Waals surface area contributed by atoms with E-state index in [4.69, 9.17) is 0 Å². The van der Waals surface area contributed by atoms with E-state index in [0.29, 0.717) is 11.1 Å². The number of anilines is 1. The first-order valence-corrected chi connectivity index (χ1v) is 10.6. The van der Waals surface area contributed by atoms with Crippen molar-refractivity contribution >= 4 is 22.6 Å². The molecule has 7 heteroatoms. The van der Waals surface area contributed by atoms with Crippen LogP contribution in [0.1, 0.15) is 55.4 Å². The zero-order valence-corrected chi connectivity index (χ0v) is 16.5. The number of hydrogen-bond acceptors (Lipinski definition) is 6. The molecule has 29 heavy (non-hydrogen) atoms. The summed E-state index contributed by atoms with van der Waals surface area (Å²) in [5.74, 6) is 1.22. The zero-order chi connectivity index (χ0) is 19.7. The number of ketones is 1. The molecule has 1 aliphatic carbocycles. The van der Waals surface area contributed by atoms with E-state index in [1.807, 2.05) is 6.20 Å². The van der Waals surface area contributed by atoms with E-state index >= 15 is 0 Å². The number of Topliss-reactive ketones (excluding diaryl/α,β-unsaturated/α-hetero) is 1. The smallest absolute Gasteiger partial charge is 0.184 e. The number of carbonyl (C=O) groups is 1. The number of nitrogens with zero attached hydrogens (tertiary/aromatic N) is 5. The van der Waals surface area contributed by atoms with E-state index in [1.165, 1.54) is 25.6 Å². The minimum atomic E-state index is 0.0401. The second kappa shape index (κ2) is 7.54. The summed E-state index contributed by atoms with van der Waals surface area (Å²) >= 11 is 0. The molecule has 2 fully saturated rings. The molecule has 2 aliphatic rings. The fourth-order valence-corrected chi connectivity index (χ4v) is 4.74. The lowest BCUT2D eigenvalue weighted by atomic mass is 9.87. The lowest BCUT2D eigenvalue weighted by molar-refractivity contribution is 0.0894. The fourth-order valence-electron chi connectivity index (χ4n) is 4.74. The quantitative estimate of drug-likeness (QED) is 0.685. The fraction of sp³-hybridized carbons (Fsp3) is 0.500. The Bertz CT molecular complexity index is 997. The standard InChI is InChI=1S/C22H26N6O/c29-19(18-6-10-23-14-25-18)16-3-1-7-22(8-9-22)13-28(12-2-4-16)21-17-5-11-24-20(17)26-15-27-21/h5-6,10-11,14-16H,1-4,7-9,12-13H2,(H,24,26,27). The highest BCUT2D eigenvalue weighted by Crippen LogP contribution is 2.51. The summed E-state index contributed by atoms with van der Waals surface area (Å²) in [6.07, 6.45) is 14.3. The lowest BCUT2D eigenvalue weighted by Gasteiger charge is -2.31. The van der Waals surface area contributed by atoms with Crippen LogP contribution in [0.3, 0.4) is 0 Å². The van der Waals surface area contributed by atoms with Crippen LogP contribution in [0.2, 0.25) is 0 Å². The van der Waals surface area contributed by atoms with E-state index in [1.54, 1.807) is 18.6 Å². The molecular formula is C22H26N6O. The van der Waals surface area contributed by atoms with Crippen LogP contribution in [-0.2, 0) is 0 Å². The van der Waals surface area contributed by atoms with Crippen LogP contribution >= 0.6 is 0 Å². The Hall–Kier alpha value is -2.83. The van der Waals surface area contributed by atoms with Gasteiger partial charge < -0.3 is 9.88 Å². The molecular weight excluding hydrogens is 364 g/mol. The van der Waals surface area contributed by atoms with Crippen molar-refractivity contribution in [3.05, 3.63) is 42.9 Å². The summed E-state index contributed by atoms with van der Waals surface area (Å²) in [7, 11) is 0. The van der Waals surface area contributed by atoms with Crippen molar-refractivity contribution in [3.8, 4) is 0 Å². The topological polar surface area (TPSA) is 87.7 Å². The van der Waals surface area contributed by atoms with Crippen LogP contribution in [0.15, 0.2) is 37.2 Å². The second-order valence-electron chi connectivity index (χ2n) is 8.55. The predicted octanol–water partition coefficient (Wildman–Crippen LogP) is 3.80. The van der Waals surface area contributed by atoms with Crippen LogP contribution in [0.25, 0.3) is 11.0 Å². The Morgan fingerprint density at radius 1 is 1.07 bits per heavy atom. The third-order valence-electron chi connectivity index (χ3n) is 6.56. The molecule has 150 valence electrons. The van der Waals surface area contributed by atoms with Crippen molar-refractivity contribution in [2.24, 2.45) is 11.3 Å². The average Bonchev–Trinajstić information content (AvgIpc) is 3.34. The highest BCUT2D eigenvalue weighted by Gasteiger charge is 2.44. The molecule has 1 spiro atoms. The monoisotopic (exact) mass is 390 g/mol. The number of aromatic amines is 1. The Labute approximate surface area is 170 Å². The van der Waals surface area contributed by atoms with Gasteiger partial charge in [-0.2, -0.15) is 0 Å². The molecule has 1 aliphatic heterocycles. The molecule has 1 saturated heterocycles. The van der Waals surface area contributed by atoms with Crippen molar-refractivity contribution in [1.82, 2.24) is 24.9 Å². The largest absolute Gasteiger partial charge is 0.355 e. The molecule has 3 aromatic heterocycles. The van der Waals surface area contributed by atoms with Crippen molar-refractivity contribution in [2.75, 3.05) is 18.0 Å². The highest BCUT2D eigenvalue weighted by atomic mass is 16.1. The highest BCUT2D eigenvalue weighted by molar-refractivity contribution is 5.95. The van der Waals surface area contributed by atoms with Gasteiger partial charge in [0.25, 0.3) is 0 Å². The van der Waals surface area contributed by atoms with Gasteiger partial charge in [0.05, 0.1) is 5.39 Å². The van der Waals surface area contributed by atoms with E-state index in [9.17, 15) is 4.79 Å². The molecule has 0 amide bonds. The van der Waals surface area contributed by atoms with Crippen LogP contribution in [0.4, 0.5) is 5.82 Å². The first kappa shape index (κ1) is 18.2. The Balaban J connectivity index is 1.38. The van der Waals surface area contributed by atoms with E-state index in [-0.39, 0.29) is 11.7 Å². The van der Waals surface area contributed by atoms with Gasteiger partial charge in [0.1, 0.15) is 29.8 Å². The first-order chi connectivity index (χ1) is 14.2. The first-order valence-electron chi connectivity index (χ1n) is 10.6. The molecule has 1 unspecified atom stereocenters. The molecule has 4 heterocycles. The van der Waals surface area contributed by atoms with Crippen LogP contribution in [0, 0.1) is 11.3 Å². The van der Waals surface area contributed by atoms with E-state index < -0.39 is 0 Å². The van der Waals surface area contributed by atoms with Gasteiger partial charge in [-0.05, 0) is 56.1 Å². The lowest BCUT2D eigenvalue weighted by Crippen LogP contribution is -2.34. The SMILES string of the molecule is O=C(c1ccncn1)C1CCCN(c2ncnc3[nH]ccc23)CC2(CCC1)CC2. The third kappa shape index (κ3) is 3.73. The number of aromatic nitrogens is 5. The molecule has 1 atom stereocenters. The molecule has 1 N–H and O–H groups in total. The Morgan fingerprint density at radius 2 is 1.97 bits per heavy atom. The molecule has 1 saturated carbocycles. The molecule has 7 nitrogen and oxygen atoms in total. The van der Waals surface area contributed by atoms with Gasteiger partial charge >= 0.3 is 0 Å². The maximum Gasteiger partial charge on any atom is 0.184 e. The second-order valence-corrected chi connectivity index (χ2v) is 8.55. The molecule has 0 bridgehead atoms. The summed E-state index contributed by atoms with van der Waals surface area (Å²) in [6, 6.07) is 3.80. The van der Waals surface area contributed by atoms with Gasteiger partial charge in [-0.1, -0.05) is 6.42 Å². The summed E-state index contributed by atoms with van der Waals surface area (Å²) < 4.78 is 0. The maximum atomic E-state index is 13.0. The summed E-state index contributed by atoms with van der Waals surface area (Å²) in [6.45, 7) is 1.96. The van der Waals surface area contributed by atoms with E-state index in [2.05, 4.69) is 35.9 Å². The maximum absolute atomic E-state index is 13.0. The van der Waals surface area contributed by atoms with Crippen LogP contribution in [-0.4, -0.2) is 43.8 Å². The van der Waals surface area contributed by atoms with Gasteiger partial charge in [-0.3, -0.25) is 4.79 Å². The summed E-state index contributed by atoms with van der Waals surface area (Å²) in [5.41, 5.74) is 1.81. The van der Waals surface area contributed by atoms with Gasteiger partial charge in [0, 0.05) is 31.4 Å². The van der Waals surface area contributed by atoms with Gasteiger partial charge in [0.2, 0.25) is 0 Å². The van der Waals surface area contributed by atoms with Gasteiger partial charge in [-0.15, -0.1) is 0 Å². The van der Waals surface area contributed by atoms with Crippen molar-refractivity contribution in [2.45, 2.75) is 44.9 Å². The van der Waals surface area contributed by atoms with Gasteiger partial charge in [0.15, 0.2) is 5.78 Å². The van der Waals surface area contributed by atoms with Gasteiger partial charge in [-0.25, -0.2) is 19.9 Å². The normalized spacial score (nSPS) is 21.9. The number of hydrogen-bond donors (Lipinski definition) is 1. The minimum Gasteiger partial charge on any atom is -0.355 e. The number of rotatable bonds is 3. The average molecular weight is 390 g/mol.